The van der Waals surface area contributed by atoms with E-state index in [0.29, 0.717) is 6.42 Å². The van der Waals surface area contributed by atoms with Gasteiger partial charge in [-0.1, -0.05) is 22.0 Å². The molecule has 0 saturated heterocycles. The van der Waals surface area contributed by atoms with E-state index in [1.807, 2.05) is 25.2 Å². The third kappa shape index (κ3) is 4.23. The molecular formula is C12H16BrNO2. The Morgan fingerprint density at radius 2 is 2.25 bits per heavy atom. The van der Waals surface area contributed by atoms with Crippen molar-refractivity contribution in [2.75, 3.05) is 25.6 Å². The van der Waals surface area contributed by atoms with Crippen LogP contribution < -0.4 is 4.90 Å². The minimum Gasteiger partial charge on any atom is -0.469 e. The predicted octanol–water partition coefficient (Wildman–Crippen LogP) is 2.84. The SMILES string of the molecule is COC(=O)CCCN(C)c1cccc(Br)c1. The second kappa shape index (κ2) is 6.53. The number of hydrogen-bond donors (Lipinski definition) is 0. The normalized spacial score (nSPS) is 9.94. The Bertz CT molecular complexity index is 355. The molecular weight excluding hydrogens is 270 g/mol. The second-order valence-corrected chi connectivity index (χ2v) is 4.50. The molecule has 16 heavy (non-hydrogen) atoms. The molecule has 88 valence electrons. The topological polar surface area (TPSA) is 29.5 Å². The van der Waals surface area contributed by atoms with E-state index in [9.17, 15) is 4.79 Å². The summed E-state index contributed by atoms with van der Waals surface area (Å²) in [5.74, 6) is -0.150. The van der Waals surface area contributed by atoms with Gasteiger partial charge in [0.15, 0.2) is 0 Å². The van der Waals surface area contributed by atoms with Gasteiger partial charge in [0.1, 0.15) is 0 Å². The van der Waals surface area contributed by atoms with Crippen molar-refractivity contribution < 1.29 is 9.53 Å². The van der Waals surface area contributed by atoms with Crippen molar-refractivity contribution in [3.05, 3.63) is 28.7 Å². The molecule has 0 saturated carbocycles. The molecule has 0 N–H and O–H groups in total. The third-order valence-corrected chi connectivity index (χ3v) is 2.84. The van der Waals surface area contributed by atoms with Gasteiger partial charge in [0.05, 0.1) is 7.11 Å². The smallest absolute Gasteiger partial charge is 0.305 e. The third-order valence-electron chi connectivity index (χ3n) is 2.35. The van der Waals surface area contributed by atoms with E-state index in [0.717, 1.165) is 23.1 Å². The summed E-state index contributed by atoms with van der Waals surface area (Å²) in [5, 5.41) is 0. The Balaban J connectivity index is 2.40. The molecule has 0 radical (unpaired) electrons. The van der Waals surface area contributed by atoms with Crippen molar-refractivity contribution in [2.24, 2.45) is 0 Å². The predicted molar refractivity (Wildman–Crippen MR) is 68.7 cm³/mol. The van der Waals surface area contributed by atoms with Crippen LogP contribution in [-0.4, -0.2) is 26.7 Å². The second-order valence-electron chi connectivity index (χ2n) is 3.58. The van der Waals surface area contributed by atoms with Crippen molar-refractivity contribution in [2.45, 2.75) is 12.8 Å². The van der Waals surface area contributed by atoms with Crippen LogP contribution in [0.2, 0.25) is 0 Å². The van der Waals surface area contributed by atoms with Gasteiger partial charge in [-0.15, -0.1) is 0 Å². The molecule has 0 aromatic heterocycles. The van der Waals surface area contributed by atoms with E-state index < -0.39 is 0 Å². The average molecular weight is 286 g/mol. The van der Waals surface area contributed by atoms with Crippen molar-refractivity contribution in [3.63, 3.8) is 0 Å². The van der Waals surface area contributed by atoms with Gasteiger partial charge < -0.3 is 9.64 Å². The summed E-state index contributed by atoms with van der Waals surface area (Å²) >= 11 is 3.43. The summed E-state index contributed by atoms with van der Waals surface area (Å²) in [7, 11) is 3.43. The Kier molecular flexibility index (Phi) is 5.32. The number of rotatable bonds is 5. The fourth-order valence-electron chi connectivity index (χ4n) is 1.41. The first-order valence-corrected chi connectivity index (χ1v) is 5.96. The quantitative estimate of drug-likeness (QED) is 0.779. The molecule has 0 aliphatic heterocycles. The maximum Gasteiger partial charge on any atom is 0.305 e. The van der Waals surface area contributed by atoms with Crippen LogP contribution in [0.5, 0.6) is 0 Å². The zero-order valence-electron chi connectivity index (χ0n) is 9.57. The van der Waals surface area contributed by atoms with Crippen LogP contribution in [0.1, 0.15) is 12.8 Å². The van der Waals surface area contributed by atoms with Crippen molar-refractivity contribution >= 4 is 27.6 Å². The number of carbonyl (C=O) groups is 1. The first kappa shape index (κ1) is 13.0. The lowest BCUT2D eigenvalue weighted by Crippen LogP contribution is -2.19. The first-order chi connectivity index (χ1) is 7.63. The molecule has 1 aromatic rings. The van der Waals surface area contributed by atoms with Gasteiger partial charge in [-0.2, -0.15) is 0 Å². The lowest BCUT2D eigenvalue weighted by Gasteiger charge is -2.19. The number of hydrogen-bond acceptors (Lipinski definition) is 3. The molecule has 4 heteroatoms. The molecule has 0 aliphatic rings. The molecule has 0 amide bonds. The minimum atomic E-state index is -0.150. The Hall–Kier alpha value is -1.03. The molecule has 0 spiro atoms. The van der Waals surface area contributed by atoms with Crippen molar-refractivity contribution in [3.8, 4) is 0 Å². The van der Waals surface area contributed by atoms with Crippen LogP contribution in [-0.2, 0) is 9.53 Å². The van der Waals surface area contributed by atoms with E-state index in [4.69, 9.17) is 0 Å². The van der Waals surface area contributed by atoms with E-state index in [1.165, 1.54) is 7.11 Å². The van der Waals surface area contributed by atoms with E-state index in [-0.39, 0.29) is 5.97 Å². The number of nitrogens with zero attached hydrogens (tertiary/aromatic N) is 1. The molecule has 0 atom stereocenters. The standard InChI is InChI=1S/C12H16BrNO2/c1-14(8-4-7-12(15)16-2)11-6-3-5-10(13)9-11/h3,5-6,9H,4,7-8H2,1-2H3. The fraction of sp³-hybridized carbons (Fsp3) is 0.417. The zero-order valence-corrected chi connectivity index (χ0v) is 11.2. The molecule has 0 unspecified atom stereocenters. The highest BCUT2D eigenvalue weighted by Crippen LogP contribution is 2.18. The number of carbonyl (C=O) groups excluding carboxylic acids is 1. The molecule has 0 heterocycles. The van der Waals surface area contributed by atoms with Crippen LogP contribution >= 0.6 is 15.9 Å². The van der Waals surface area contributed by atoms with Gasteiger partial charge in [-0.05, 0) is 24.6 Å². The maximum atomic E-state index is 10.9. The Labute approximate surface area is 105 Å². The summed E-state index contributed by atoms with van der Waals surface area (Å²) in [4.78, 5) is 13.1. The Morgan fingerprint density at radius 1 is 1.50 bits per heavy atom. The van der Waals surface area contributed by atoms with Gasteiger partial charge in [0.25, 0.3) is 0 Å². The number of methoxy groups -OCH3 is 1. The monoisotopic (exact) mass is 285 g/mol. The van der Waals surface area contributed by atoms with E-state index >= 15 is 0 Å². The van der Waals surface area contributed by atoms with Crippen LogP contribution in [0, 0.1) is 0 Å². The lowest BCUT2D eigenvalue weighted by molar-refractivity contribution is -0.140. The number of anilines is 1. The number of esters is 1. The van der Waals surface area contributed by atoms with Gasteiger partial charge >= 0.3 is 5.97 Å². The van der Waals surface area contributed by atoms with Gasteiger partial charge in [0.2, 0.25) is 0 Å². The highest BCUT2D eigenvalue weighted by atomic mass is 79.9. The maximum absolute atomic E-state index is 10.9. The van der Waals surface area contributed by atoms with E-state index in [2.05, 4.69) is 31.6 Å². The fourth-order valence-corrected chi connectivity index (χ4v) is 1.79. The molecule has 0 fully saturated rings. The van der Waals surface area contributed by atoms with Crippen LogP contribution in [0.4, 0.5) is 5.69 Å². The first-order valence-electron chi connectivity index (χ1n) is 5.17. The molecule has 0 bridgehead atoms. The molecule has 3 nitrogen and oxygen atoms in total. The van der Waals surface area contributed by atoms with E-state index in [1.54, 1.807) is 0 Å². The van der Waals surface area contributed by atoms with Gasteiger partial charge in [-0.25, -0.2) is 0 Å². The largest absolute Gasteiger partial charge is 0.469 e. The summed E-state index contributed by atoms with van der Waals surface area (Å²) < 4.78 is 5.65. The number of benzene rings is 1. The Morgan fingerprint density at radius 3 is 2.88 bits per heavy atom. The number of halogens is 1. The number of ether oxygens (including phenoxy) is 1. The highest BCUT2D eigenvalue weighted by Gasteiger charge is 2.04. The van der Waals surface area contributed by atoms with Gasteiger partial charge in [-0.3, -0.25) is 4.79 Å². The zero-order chi connectivity index (χ0) is 12.0. The van der Waals surface area contributed by atoms with Gasteiger partial charge in [0, 0.05) is 30.2 Å². The van der Waals surface area contributed by atoms with Crippen LogP contribution in [0.25, 0.3) is 0 Å². The summed E-state index contributed by atoms with van der Waals surface area (Å²) in [6.07, 6.45) is 1.27. The molecule has 1 aromatic carbocycles. The minimum absolute atomic E-state index is 0.150. The highest BCUT2D eigenvalue weighted by molar-refractivity contribution is 9.10. The lowest BCUT2D eigenvalue weighted by atomic mass is 10.2. The van der Waals surface area contributed by atoms with Crippen LogP contribution in [0.15, 0.2) is 28.7 Å². The van der Waals surface area contributed by atoms with Crippen molar-refractivity contribution in [1.29, 1.82) is 0 Å². The average Bonchev–Trinajstić information content (AvgIpc) is 2.28. The summed E-state index contributed by atoms with van der Waals surface area (Å²) in [5.41, 5.74) is 1.14. The van der Waals surface area contributed by atoms with Crippen molar-refractivity contribution in [1.82, 2.24) is 0 Å². The summed E-state index contributed by atoms with van der Waals surface area (Å²) in [6.45, 7) is 0.839. The summed E-state index contributed by atoms with van der Waals surface area (Å²) in [6, 6.07) is 8.09. The molecule has 1 rings (SSSR count). The van der Waals surface area contributed by atoms with Crippen LogP contribution in [0.3, 0.4) is 0 Å². The molecule has 0 aliphatic carbocycles.